The summed E-state index contributed by atoms with van der Waals surface area (Å²) in [7, 11) is -0.528. The smallest absolute Gasteiger partial charge is 0.262 e. The maximum absolute atomic E-state index is 12.6. The van der Waals surface area contributed by atoms with Crippen molar-refractivity contribution in [1.82, 2.24) is 4.31 Å². The molecule has 162 valence electrons. The van der Waals surface area contributed by atoms with Crippen molar-refractivity contribution >= 4 is 21.6 Å². The molecule has 1 heterocycles. The van der Waals surface area contributed by atoms with Gasteiger partial charge in [-0.25, -0.2) is 8.42 Å². The van der Waals surface area contributed by atoms with Gasteiger partial charge in [0, 0.05) is 24.8 Å². The van der Waals surface area contributed by atoms with E-state index in [1.165, 1.54) is 42.8 Å². The number of ether oxygens (including phenoxy) is 4. The third-order valence-electron chi connectivity index (χ3n) is 4.47. The van der Waals surface area contributed by atoms with E-state index in [-0.39, 0.29) is 17.4 Å². The number of nitrogens with zero attached hydrogens (tertiary/aromatic N) is 1. The predicted molar refractivity (Wildman–Crippen MR) is 110 cm³/mol. The number of morpholine rings is 1. The molecular weight excluding hydrogens is 412 g/mol. The van der Waals surface area contributed by atoms with E-state index in [9.17, 15) is 13.2 Å². The van der Waals surface area contributed by atoms with Crippen LogP contribution in [-0.2, 0) is 19.6 Å². The highest BCUT2D eigenvalue weighted by molar-refractivity contribution is 7.89. The van der Waals surface area contributed by atoms with Crippen molar-refractivity contribution < 1.29 is 32.2 Å². The fourth-order valence-corrected chi connectivity index (χ4v) is 4.31. The summed E-state index contributed by atoms with van der Waals surface area (Å²) in [6, 6.07) is 11.0. The Hall–Kier alpha value is -2.82. The third kappa shape index (κ3) is 5.21. The number of rotatable bonds is 8. The molecular formula is C20H24N2O7S. The van der Waals surface area contributed by atoms with Gasteiger partial charge in [-0.3, -0.25) is 4.79 Å². The van der Waals surface area contributed by atoms with Crippen LogP contribution in [0.4, 0.5) is 5.69 Å². The molecule has 0 bridgehead atoms. The molecule has 1 fully saturated rings. The third-order valence-corrected chi connectivity index (χ3v) is 6.38. The van der Waals surface area contributed by atoms with E-state index in [4.69, 9.17) is 18.9 Å². The first-order valence-corrected chi connectivity index (χ1v) is 10.7. The summed E-state index contributed by atoms with van der Waals surface area (Å²) in [6.07, 6.45) is 0. The van der Waals surface area contributed by atoms with Crippen molar-refractivity contribution in [2.24, 2.45) is 0 Å². The number of hydrogen-bond acceptors (Lipinski definition) is 7. The quantitative estimate of drug-likeness (QED) is 0.672. The largest absolute Gasteiger partial charge is 0.493 e. The highest BCUT2D eigenvalue weighted by Crippen LogP contribution is 2.29. The van der Waals surface area contributed by atoms with Gasteiger partial charge < -0.3 is 24.3 Å². The predicted octanol–water partition coefficient (Wildman–Crippen LogP) is 1.74. The molecule has 0 radical (unpaired) electrons. The second kappa shape index (κ2) is 9.79. The first-order chi connectivity index (χ1) is 14.4. The Labute approximate surface area is 175 Å². The zero-order valence-corrected chi connectivity index (χ0v) is 17.6. The molecule has 9 nitrogen and oxygen atoms in total. The maximum atomic E-state index is 12.6. The summed E-state index contributed by atoms with van der Waals surface area (Å²) in [5.41, 5.74) is 0.535. The van der Waals surface area contributed by atoms with Crippen molar-refractivity contribution in [1.29, 1.82) is 0 Å². The highest BCUT2D eigenvalue weighted by atomic mass is 32.2. The lowest BCUT2D eigenvalue weighted by Gasteiger charge is -2.26. The van der Waals surface area contributed by atoms with Crippen LogP contribution in [0, 0.1) is 0 Å². The van der Waals surface area contributed by atoms with Gasteiger partial charge in [-0.15, -0.1) is 0 Å². The van der Waals surface area contributed by atoms with Crippen molar-refractivity contribution in [3.8, 4) is 17.2 Å². The molecule has 0 spiro atoms. The summed E-state index contributed by atoms with van der Waals surface area (Å²) in [5.74, 6) is 1.07. The minimum atomic E-state index is -3.57. The average Bonchev–Trinajstić information content (AvgIpc) is 2.78. The standard InChI is InChI=1S/C20H24N2O7S/c1-26-18-8-3-15(13-19(18)27-2)21-20(23)14-29-16-4-6-17(7-5-16)30(24,25)22-9-11-28-12-10-22/h3-8,13H,9-12,14H2,1-2H3,(H,21,23). The van der Waals surface area contributed by atoms with E-state index in [2.05, 4.69) is 5.32 Å². The van der Waals surface area contributed by atoms with Crippen LogP contribution >= 0.6 is 0 Å². The Morgan fingerprint density at radius 1 is 1.03 bits per heavy atom. The molecule has 2 aromatic rings. The minimum absolute atomic E-state index is 0.173. The molecule has 0 aromatic heterocycles. The molecule has 1 saturated heterocycles. The number of hydrogen-bond donors (Lipinski definition) is 1. The molecule has 0 unspecified atom stereocenters. The molecule has 0 saturated carbocycles. The number of nitrogens with one attached hydrogen (secondary N) is 1. The molecule has 10 heteroatoms. The number of carbonyl (C=O) groups excluding carboxylic acids is 1. The molecule has 3 rings (SSSR count). The number of benzene rings is 2. The van der Waals surface area contributed by atoms with Gasteiger partial charge in [-0.2, -0.15) is 4.31 Å². The van der Waals surface area contributed by atoms with Gasteiger partial charge in [0.25, 0.3) is 5.91 Å². The first kappa shape index (κ1) is 21.9. The fraction of sp³-hybridized carbons (Fsp3) is 0.350. The molecule has 1 aliphatic rings. The Morgan fingerprint density at radius 2 is 1.70 bits per heavy atom. The second-order valence-corrected chi connectivity index (χ2v) is 8.33. The minimum Gasteiger partial charge on any atom is -0.493 e. The Kier molecular flexibility index (Phi) is 7.14. The van der Waals surface area contributed by atoms with Crippen molar-refractivity contribution in [2.45, 2.75) is 4.90 Å². The lowest BCUT2D eigenvalue weighted by Crippen LogP contribution is -2.40. The lowest BCUT2D eigenvalue weighted by molar-refractivity contribution is -0.118. The Bertz CT molecular complexity index is 971. The van der Waals surface area contributed by atoms with Crippen LogP contribution in [-0.4, -0.2) is 65.8 Å². The number of amides is 1. The van der Waals surface area contributed by atoms with Gasteiger partial charge in [0.2, 0.25) is 10.0 Å². The van der Waals surface area contributed by atoms with Gasteiger partial charge in [0.05, 0.1) is 32.3 Å². The van der Waals surface area contributed by atoms with Crippen LogP contribution in [0.15, 0.2) is 47.4 Å². The number of methoxy groups -OCH3 is 2. The van der Waals surface area contributed by atoms with E-state index >= 15 is 0 Å². The van der Waals surface area contributed by atoms with Crippen LogP contribution < -0.4 is 19.5 Å². The summed E-state index contributed by atoms with van der Waals surface area (Å²) in [6.45, 7) is 1.20. The summed E-state index contributed by atoms with van der Waals surface area (Å²) < 4.78 is 47.6. The zero-order chi connectivity index (χ0) is 21.6. The molecule has 1 aliphatic heterocycles. The van der Waals surface area contributed by atoms with Crippen LogP contribution in [0.5, 0.6) is 17.2 Å². The normalized spacial score (nSPS) is 14.7. The van der Waals surface area contributed by atoms with E-state index in [0.717, 1.165) is 0 Å². The van der Waals surface area contributed by atoms with Gasteiger partial charge in [-0.1, -0.05) is 0 Å². The Balaban J connectivity index is 1.56. The highest BCUT2D eigenvalue weighted by Gasteiger charge is 2.26. The molecule has 0 aliphatic carbocycles. The molecule has 2 aromatic carbocycles. The Morgan fingerprint density at radius 3 is 2.33 bits per heavy atom. The van der Waals surface area contributed by atoms with E-state index in [0.29, 0.717) is 49.2 Å². The second-order valence-electron chi connectivity index (χ2n) is 6.39. The zero-order valence-electron chi connectivity index (χ0n) is 16.8. The summed E-state index contributed by atoms with van der Waals surface area (Å²) in [5, 5.41) is 2.70. The first-order valence-electron chi connectivity index (χ1n) is 9.26. The number of carbonyl (C=O) groups is 1. The van der Waals surface area contributed by atoms with Crippen LogP contribution in [0.3, 0.4) is 0 Å². The van der Waals surface area contributed by atoms with Crippen molar-refractivity contribution in [3.05, 3.63) is 42.5 Å². The van der Waals surface area contributed by atoms with E-state index < -0.39 is 10.0 Å². The van der Waals surface area contributed by atoms with E-state index in [1.54, 1.807) is 18.2 Å². The maximum Gasteiger partial charge on any atom is 0.262 e. The SMILES string of the molecule is COc1ccc(NC(=O)COc2ccc(S(=O)(=O)N3CCOCC3)cc2)cc1OC. The van der Waals surface area contributed by atoms with Crippen molar-refractivity contribution in [2.75, 3.05) is 52.4 Å². The van der Waals surface area contributed by atoms with Crippen LogP contribution in [0.1, 0.15) is 0 Å². The molecule has 1 N–H and O–H groups in total. The van der Waals surface area contributed by atoms with Gasteiger partial charge in [0.15, 0.2) is 18.1 Å². The number of anilines is 1. The van der Waals surface area contributed by atoms with Crippen LogP contribution in [0.2, 0.25) is 0 Å². The van der Waals surface area contributed by atoms with E-state index in [1.807, 2.05) is 0 Å². The topological polar surface area (TPSA) is 103 Å². The van der Waals surface area contributed by atoms with Gasteiger partial charge >= 0.3 is 0 Å². The van der Waals surface area contributed by atoms with Crippen LogP contribution in [0.25, 0.3) is 0 Å². The van der Waals surface area contributed by atoms with Crippen molar-refractivity contribution in [3.63, 3.8) is 0 Å². The average molecular weight is 436 g/mol. The van der Waals surface area contributed by atoms with Gasteiger partial charge in [0.1, 0.15) is 5.75 Å². The fourth-order valence-electron chi connectivity index (χ4n) is 2.90. The number of sulfonamides is 1. The molecule has 0 atom stereocenters. The molecule has 30 heavy (non-hydrogen) atoms. The van der Waals surface area contributed by atoms with Gasteiger partial charge in [-0.05, 0) is 36.4 Å². The summed E-state index contributed by atoms with van der Waals surface area (Å²) in [4.78, 5) is 12.3. The monoisotopic (exact) mass is 436 g/mol. The lowest BCUT2D eigenvalue weighted by atomic mass is 10.2. The molecule has 1 amide bonds. The summed E-state index contributed by atoms with van der Waals surface area (Å²) >= 11 is 0.